The molecule has 0 radical (unpaired) electrons. The van der Waals surface area contributed by atoms with E-state index in [-0.39, 0.29) is 11.9 Å². The summed E-state index contributed by atoms with van der Waals surface area (Å²) in [5.74, 6) is -1.05. The van der Waals surface area contributed by atoms with Gasteiger partial charge >= 0.3 is 5.97 Å². The molecule has 1 aliphatic rings. The summed E-state index contributed by atoms with van der Waals surface area (Å²) in [6.45, 7) is 3.87. The van der Waals surface area contributed by atoms with E-state index in [0.29, 0.717) is 24.5 Å². The fourth-order valence-corrected chi connectivity index (χ4v) is 2.97. The van der Waals surface area contributed by atoms with Crippen molar-refractivity contribution in [3.8, 4) is 0 Å². The van der Waals surface area contributed by atoms with Crippen LogP contribution in [-0.4, -0.2) is 17.0 Å². The van der Waals surface area contributed by atoms with Gasteiger partial charge in [0.1, 0.15) is 5.76 Å². The van der Waals surface area contributed by atoms with Crippen molar-refractivity contribution >= 4 is 11.9 Å². The van der Waals surface area contributed by atoms with Gasteiger partial charge in [0.25, 0.3) is 0 Å². The molecule has 0 saturated heterocycles. The number of carboxylic acid groups (broad SMARTS) is 1. The van der Waals surface area contributed by atoms with Crippen LogP contribution in [0.4, 0.5) is 0 Å². The number of nitrogens with one attached hydrogen (secondary N) is 1. The van der Waals surface area contributed by atoms with Gasteiger partial charge in [-0.15, -0.1) is 0 Å². The molecule has 1 unspecified atom stereocenters. The van der Waals surface area contributed by atoms with Crippen molar-refractivity contribution in [3.63, 3.8) is 0 Å². The summed E-state index contributed by atoms with van der Waals surface area (Å²) >= 11 is 0. The van der Waals surface area contributed by atoms with Gasteiger partial charge in [-0.05, 0) is 37.8 Å². The molecule has 0 spiro atoms. The number of carboxylic acids is 1. The Labute approximate surface area is 118 Å². The average molecular weight is 279 g/mol. The minimum atomic E-state index is -0.869. The van der Waals surface area contributed by atoms with Crippen LogP contribution in [0.15, 0.2) is 22.8 Å². The number of hydrogen-bond donors (Lipinski definition) is 2. The standard InChI is InChI=1S/C15H21NO4/c1-3-10-7-11(12(8-10)15(18)19)14(17)16-9(2)13-5-4-6-20-13/h4-6,9-12H,3,7-8H2,1-2H3,(H,16,17)(H,18,19)/t9-,10?,11+,12-/m1/s1. The van der Waals surface area contributed by atoms with Gasteiger partial charge < -0.3 is 14.8 Å². The normalized spacial score (nSPS) is 27.2. The lowest BCUT2D eigenvalue weighted by Crippen LogP contribution is -2.36. The number of carbonyl (C=O) groups is 2. The van der Waals surface area contributed by atoms with E-state index in [0.717, 1.165) is 6.42 Å². The summed E-state index contributed by atoms with van der Waals surface area (Å²) in [6, 6.07) is 3.32. The van der Waals surface area contributed by atoms with Crippen LogP contribution in [0.3, 0.4) is 0 Å². The van der Waals surface area contributed by atoms with Crippen LogP contribution in [-0.2, 0) is 9.59 Å². The summed E-state index contributed by atoms with van der Waals surface area (Å²) in [5.41, 5.74) is 0. The van der Waals surface area contributed by atoms with E-state index in [1.165, 1.54) is 0 Å². The molecule has 1 saturated carbocycles. The smallest absolute Gasteiger partial charge is 0.307 e. The van der Waals surface area contributed by atoms with E-state index in [1.807, 2.05) is 13.8 Å². The van der Waals surface area contributed by atoms with Gasteiger partial charge in [0.15, 0.2) is 0 Å². The van der Waals surface area contributed by atoms with Crippen LogP contribution in [0, 0.1) is 17.8 Å². The van der Waals surface area contributed by atoms with Crippen LogP contribution in [0.25, 0.3) is 0 Å². The van der Waals surface area contributed by atoms with Gasteiger partial charge in [-0.2, -0.15) is 0 Å². The first-order valence-electron chi connectivity index (χ1n) is 7.09. The Morgan fingerprint density at radius 1 is 1.45 bits per heavy atom. The molecule has 4 atom stereocenters. The molecule has 1 aromatic heterocycles. The topological polar surface area (TPSA) is 79.5 Å². The third kappa shape index (κ3) is 3.03. The summed E-state index contributed by atoms with van der Waals surface area (Å²) < 4.78 is 5.24. The molecule has 1 aliphatic carbocycles. The Balaban J connectivity index is 2.02. The number of rotatable bonds is 5. The minimum absolute atomic E-state index is 0.183. The maximum atomic E-state index is 12.3. The third-order valence-electron chi connectivity index (χ3n) is 4.22. The highest BCUT2D eigenvalue weighted by atomic mass is 16.4. The van der Waals surface area contributed by atoms with E-state index < -0.39 is 17.8 Å². The predicted octanol–water partition coefficient (Wildman–Crippen LogP) is 2.59. The quantitative estimate of drug-likeness (QED) is 0.868. The SMILES string of the molecule is CCC1C[C@H](C(=O)N[C@H](C)c2ccco2)[C@H](C(=O)O)C1. The molecule has 2 rings (SSSR count). The largest absolute Gasteiger partial charge is 0.481 e. The minimum Gasteiger partial charge on any atom is -0.481 e. The summed E-state index contributed by atoms with van der Waals surface area (Å²) in [6.07, 6.45) is 3.73. The first kappa shape index (κ1) is 14.6. The van der Waals surface area contributed by atoms with Crippen molar-refractivity contribution in [2.24, 2.45) is 17.8 Å². The highest BCUT2D eigenvalue weighted by molar-refractivity contribution is 5.85. The monoisotopic (exact) mass is 279 g/mol. The molecule has 1 aromatic rings. The van der Waals surface area contributed by atoms with Crippen LogP contribution in [0.2, 0.25) is 0 Å². The molecule has 20 heavy (non-hydrogen) atoms. The van der Waals surface area contributed by atoms with Crippen LogP contribution < -0.4 is 5.32 Å². The Bertz CT molecular complexity index is 468. The maximum Gasteiger partial charge on any atom is 0.307 e. The maximum absolute atomic E-state index is 12.3. The molecule has 1 amide bonds. The number of furan rings is 1. The van der Waals surface area contributed by atoms with Gasteiger partial charge in [0.05, 0.1) is 24.1 Å². The lowest BCUT2D eigenvalue weighted by atomic mass is 9.95. The van der Waals surface area contributed by atoms with Crippen LogP contribution in [0.1, 0.15) is 44.9 Å². The third-order valence-corrected chi connectivity index (χ3v) is 4.22. The van der Waals surface area contributed by atoms with Crippen molar-refractivity contribution in [2.45, 2.75) is 39.2 Å². The summed E-state index contributed by atoms with van der Waals surface area (Å²) in [7, 11) is 0. The van der Waals surface area contributed by atoms with Crippen molar-refractivity contribution < 1.29 is 19.1 Å². The summed E-state index contributed by atoms with van der Waals surface area (Å²) in [5, 5.41) is 12.1. The first-order valence-corrected chi connectivity index (χ1v) is 7.09. The first-order chi connectivity index (χ1) is 9.52. The van der Waals surface area contributed by atoms with Crippen molar-refractivity contribution in [1.82, 2.24) is 5.32 Å². The van der Waals surface area contributed by atoms with Gasteiger partial charge in [-0.25, -0.2) is 0 Å². The Kier molecular flexibility index (Phi) is 4.47. The molecule has 5 nitrogen and oxygen atoms in total. The van der Waals surface area contributed by atoms with Crippen LogP contribution in [0.5, 0.6) is 0 Å². The molecule has 5 heteroatoms. The van der Waals surface area contributed by atoms with Gasteiger partial charge in [-0.3, -0.25) is 9.59 Å². The summed E-state index contributed by atoms with van der Waals surface area (Å²) in [4.78, 5) is 23.6. The average Bonchev–Trinajstić information content (AvgIpc) is 3.07. The zero-order valence-electron chi connectivity index (χ0n) is 11.8. The Morgan fingerprint density at radius 2 is 2.15 bits per heavy atom. The zero-order valence-corrected chi connectivity index (χ0v) is 11.8. The lowest BCUT2D eigenvalue weighted by molar-refractivity contribution is -0.146. The fourth-order valence-electron chi connectivity index (χ4n) is 2.97. The van der Waals surface area contributed by atoms with E-state index in [4.69, 9.17) is 4.42 Å². The molecule has 2 N–H and O–H groups in total. The molecule has 1 heterocycles. The van der Waals surface area contributed by atoms with E-state index in [9.17, 15) is 14.7 Å². The molecule has 0 aromatic carbocycles. The molecular formula is C15H21NO4. The second kappa shape index (κ2) is 6.11. The Hall–Kier alpha value is -1.78. The number of hydrogen-bond acceptors (Lipinski definition) is 3. The number of carbonyl (C=O) groups excluding carboxylic acids is 1. The zero-order chi connectivity index (χ0) is 14.7. The predicted molar refractivity (Wildman–Crippen MR) is 72.9 cm³/mol. The lowest BCUT2D eigenvalue weighted by Gasteiger charge is -2.18. The number of aliphatic carboxylic acids is 1. The van der Waals surface area contributed by atoms with Crippen molar-refractivity contribution in [3.05, 3.63) is 24.2 Å². The fraction of sp³-hybridized carbons (Fsp3) is 0.600. The highest BCUT2D eigenvalue weighted by Crippen LogP contribution is 2.38. The molecule has 110 valence electrons. The molecule has 0 aliphatic heterocycles. The van der Waals surface area contributed by atoms with E-state index >= 15 is 0 Å². The van der Waals surface area contributed by atoms with Gasteiger partial charge in [0.2, 0.25) is 5.91 Å². The Morgan fingerprint density at radius 3 is 2.70 bits per heavy atom. The molecule has 1 fully saturated rings. The van der Waals surface area contributed by atoms with Crippen molar-refractivity contribution in [1.29, 1.82) is 0 Å². The second-order valence-corrected chi connectivity index (χ2v) is 5.54. The van der Waals surface area contributed by atoms with Crippen LogP contribution >= 0.6 is 0 Å². The van der Waals surface area contributed by atoms with Gasteiger partial charge in [0, 0.05) is 0 Å². The second-order valence-electron chi connectivity index (χ2n) is 5.54. The molecule has 0 bridgehead atoms. The number of amides is 1. The van der Waals surface area contributed by atoms with Gasteiger partial charge in [-0.1, -0.05) is 13.3 Å². The van der Waals surface area contributed by atoms with E-state index in [2.05, 4.69) is 5.32 Å². The van der Waals surface area contributed by atoms with E-state index in [1.54, 1.807) is 18.4 Å². The van der Waals surface area contributed by atoms with Crippen molar-refractivity contribution in [2.75, 3.05) is 0 Å². The molecular weight excluding hydrogens is 258 g/mol. The highest BCUT2D eigenvalue weighted by Gasteiger charge is 2.42.